The lowest BCUT2D eigenvalue weighted by Crippen LogP contribution is -2.21. The van der Waals surface area contributed by atoms with Crippen LogP contribution in [0.1, 0.15) is 30.5 Å². The van der Waals surface area contributed by atoms with E-state index in [-0.39, 0.29) is 5.41 Å². The van der Waals surface area contributed by atoms with Crippen LogP contribution in [0.4, 0.5) is 17.1 Å². The van der Waals surface area contributed by atoms with Crippen LogP contribution in [0.3, 0.4) is 0 Å². The van der Waals surface area contributed by atoms with Crippen LogP contribution in [-0.2, 0) is 12.0 Å². The average Bonchev–Trinajstić information content (AvgIpc) is 3.41. The molecule has 0 fully saturated rings. The van der Waals surface area contributed by atoms with Crippen LogP contribution in [0, 0.1) is 0 Å². The fourth-order valence-electron chi connectivity index (χ4n) is 8.62. The van der Waals surface area contributed by atoms with Gasteiger partial charge in [-0.3, -0.25) is 4.99 Å². The summed E-state index contributed by atoms with van der Waals surface area (Å²) in [4.78, 5) is 6.77. The zero-order chi connectivity index (χ0) is 34.3. The summed E-state index contributed by atoms with van der Waals surface area (Å²) in [6.45, 7) is 9.34. The molecule has 1 aliphatic carbocycles. The van der Waals surface area contributed by atoms with Gasteiger partial charge in [0.1, 0.15) is 0 Å². The molecule has 0 amide bonds. The lowest BCUT2D eigenvalue weighted by molar-refractivity contribution is 0.660. The monoisotopic (exact) mass is 652 g/mol. The van der Waals surface area contributed by atoms with E-state index in [1.165, 1.54) is 88.4 Å². The molecule has 0 spiro atoms. The fraction of sp³-hybridized carbons (Fsp3) is 0.0816. The Bertz CT molecular complexity index is 2730. The third-order valence-corrected chi connectivity index (χ3v) is 11.3. The Kier molecular flexibility index (Phi) is 6.47. The maximum Gasteiger partial charge on any atom is 0.0859 e. The molecule has 0 saturated carbocycles. The third kappa shape index (κ3) is 4.60. The molecule has 1 aliphatic heterocycles. The number of nitrogens with zero attached hydrogens (tertiary/aromatic N) is 2. The van der Waals surface area contributed by atoms with E-state index in [0.29, 0.717) is 0 Å². The van der Waals surface area contributed by atoms with Gasteiger partial charge in [0.25, 0.3) is 0 Å². The van der Waals surface area contributed by atoms with Crippen LogP contribution in [0.5, 0.6) is 0 Å². The highest BCUT2D eigenvalue weighted by Gasteiger charge is 2.35. The number of hydrogen-bond acceptors (Lipinski definition) is 2. The minimum Gasteiger partial charge on any atom is -0.335 e. The van der Waals surface area contributed by atoms with Crippen molar-refractivity contribution in [2.75, 3.05) is 4.90 Å². The third-order valence-electron chi connectivity index (χ3n) is 11.3. The van der Waals surface area contributed by atoms with Crippen molar-refractivity contribution in [2.45, 2.75) is 25.8 Å². The van der Waals surface area contributed by atoms with Crippen LogP contribution >= 0.6 is 0 Å². The summed E-state index contributed by atoms with van der Waals surface area (Å²) in [7, 11) is 0. The number of rotatable bonds is 4. The minimum atomic E-state index is -0.0147. The summed E-state index contributed by atoms with van der Waals surface area (Å²) in [5.41, 5.74) is 17.4. The summed E-state index contributed by atoms with van der Waals surface area (Å²) < 4.78 is 0. The van der Waals surface area contributed by atoms with Gasteiger partial charge in [0, 0.05) is 23.2 Å². The van der Waals surface area contributed by atoms with Crippen LogP contribution < -0.4 is 4.90 Å². The van der Waals surface area contributed by atoms with Crippen molar-refractivity contribution in [3.05, 3.63) is 174 Å². The summed E-state index contributed by atoms with van der Waals surface area (Å²) in [5, 5.41) is 5.00. The van der Waals surface area contributed by atoms with Crippen LogP contribution in [0.25, 0.3) is 66.1 Å². The molecule has 51 heavy (non-hydrogen) atoms. The van der Waals surface area contributed by atoms with Gasteiger partial charge in [-0.1, -0.05) is 117 Å². The predicted molar refractivity (Wildman–Crippen MR) is 217 cm³/mol. The number of fused-ring (bicyclic) bond motifs is 8. The summed E-state index contributed by atoms with van der Waals surface area (Å²) in [5.74, 6) is 0. The van der Waals surface area contributed by atoms with Crippen LogP contribution in [-0.4, -0.2) is 6.72 Å². The van der Waals surface area contributed by atoms with Gasteiger partial charge in [-0.25, -0.2) is 0 Å². The highest BCUT2D eigenvalue weighted by molar-refractivity contribution is 5.98. The first-order valence-corrected chi connectivity index (χ1v) is 17.7. The van der Waals surface area contributed by atoms with Crippen molar-refractivity contribution < 1.29 is 0 Å². The van der Waals surface area contributed by atoms with Crippen molar-refractivity contribution in [1.29, 1.82) is 0 Å². The molecule has 2 nitrogen and oxygen atoms in total. The Morgan fingerprint density at radius 2 is 1.06 bits per heavy atom. The second kappa shape index (κ2) is 11.1. The molecule has 0 atom stereocenters. The standard InChI is InChI=1S/C49H36N2/c1-49(2)44-13-7-6-12-40(44)41-22-20-38(29-45(41)49)36-19-17-33-24-35(18-16-34(33)25-36)37-21-23-47-43(28-37)42-27-32-11-5-4-10-31(32)26-39(42)30-51(47)48-15-9-8-14-46(48)50-3/h4-29H,3,30H2,1-2H3. The van der Waals surface area contributed by atoms with Crippen molar-refractivity contribution in [3.8, 4) is 44.5 Å². The normalized spacial score (nSPS) is 13.8. The van der Waals surface area contributed by atoms with Crippen molar-refractivity contribution in [2.24, 2.45) is 4.99 Å². The van der Waals surface area contributed by atoms with Gasteiger partial charge >= 0.3 is 0 Å². The predicted octanol–water partition coefficient (Wildman–Crippen LogP) is 13.3. The highest BCUT2D eigenvalue weighted by Crippen LogP contribution is 2.50. The lowest BCUT2D eigenvalue weighted by Gasteiger charge is -2.34. The lowest BCUT2D eigenvalue weighted by atomic mass is 9.81. The maximum absolute atomic E-state index is 4.38. The Labute approximate surface area is 299 Å². The number of hydrogen-bond donors (Lipinski definition) is 0. The van der Waals surface area contributed by atoms with Crippen LogP contribution in [0.15, 0.2) is 163 Å². The second-order valence-electron chi connectivity index (χ2n) is 14.5. The largest absolute Gasteiger partial charge is 0.335 e. The van der Waals surface area contributed by atoms with Gasteiger partial charge in [-0.05, 0) is 138 Å². The molecule has 242 valence electrons. The Morgan fingerprint density at radius 3 is 1.84 bits per heavy atom. The molecule has 0 N–H and O–H groups in total. The molecule has 8 aromatic rings. The van der Waals surface area contributed by atoms with Gasteiger partial charge in [0.05, 0.1) is 11.4 Å². The van der Waals surface area contributed by atoms with E-state index in [9.17, 15) is 0 Å². The molecule has 0 radical (unpaired) electrons. The molecule has 10 rings (SSSR count). The molecule has 1 heterocycles. The van der Waals surface area contributed by atoms with Gasteiger partial charge < -0.3 is 4.90 Å². The molecule has 0 bridgehead atoms. The Balaban J connectivity index is 1.05. The number of anilines is 2. The molecule has 2 heteroatoms. The Hall–Kier alpha value is -6.25. The van der Waals surface area contributed by atoms with Crippen LogP contribution in [0.2, 0.25) is 0 Å². The van der Waals surface area contributed by atoms with E-state index in [4.69, 9.17) is 0 Å². The van der Waals surface area contributed by atoms with Gasteiger partial charge in [0.15, 0.2) is 0 Å². The van der Waals surface area contributed by atoms with Crippen molar-refractivity contribution >= 4 is 45.3 Å². The Morgan fingerprint density at radius 1 is 0.471 bits per heavy atom. The number of aliphatic imine (C=N–C) groups is 1. The average molecular weight is 653 g/mol. The van der Waals surface area contributed by atoms with Crippen molar-refractivity contribution in [3.63, 3.8) is 0 Å². The van der Waals surface area contributed by atoms with E-state index < -0.39 is 0 Å². The fourth-order valence-corrected chi connectivity index (χ4v) is 8.62. The molecule has 0 saturated heterocycles. The van der Waals surface area contributed by atoms with E-state index in [1.54, 1.807) is 0 Å². The first-order valence-electron chi connectivity index (χ1n) is 17.7. The maximum atomic E-state index is 4.38. The smallest absolute Gasteiger partial charge is 0.0859 e. The van der Waals surface area contributed by atoms with Gasteiger partial charge in [-0.2, -0.15) is 0 Å². The molecule has 2 aliphatic rings. The zero-order valence-corrected chi connectivity index (χ0v) is 28.8. The van der Waals surface area contributed by atoms with Gasteiger partial charge in [-0.15, -0.1) is 0 Å². The molecule has 0 unspecified atom stereocenters. The first-order chi connectivity index (χ1) is 25.0. The van der Waals surface area contributed by atoms with E-state index in [2.05, 4.69) is 176 Å². The molecule has 0 aromatic heterocycles. The zero-order valence-electron chi connectivity index (χ0n) is 28.8. The first kappa shape index (κ1) is 29.6. The van der Waals surface area contributed by atoms with Gasteiger partial charge in [0.2, 0.25) is 0 Å². The van der Waals surface area contributed by atoms with E-state index in [1.807, 2.05) is 12.1 Å². The molecule has 8 aromatic carbocycles. The van der Waals surface area contributed by atoms with E-state index >= 15 is 0 Å². The SMILES string of the molecule is C=Nc1ccccc1N1Cc2cc3ccccc3cc2-c2cc(-c3ccc4cc(-c5ccc6c(c5)C(C)(C)c5ccccc5-6)ccc4c3)ccc21. The summed E-state index contributed by atoms with van der Waals surface area (Å²) in [6.07, 6.45) is 0. The summed E-state index contributed by atoms with van der Waals surface area (Å²) >= 11 is 0. The minimum absolute atomic E-state index is 0.0147. The number of benzene rings is 8. The highest BCUT2D eigenvalue weighted by atomic mass is 15.2. The topological polar surface area (TPSA) is 15.6 Å². The van der Waals surface area contributed by atoms with Crippen molar-refractivity contribution in [1.82, 2.24) is 0 Å². The molecular weight excluding hydrogens is 617 g/mol. The molecular formula is C49H36N2. The quantitative estimate of drug-likeness (QED) is 0.173. The second-order valence-corrected chi connectivity index (χ2v) is 14.5. The van der Waals surface area contributed by atoms with E-state index in [0.717, 1.165) is 17.9 Å². The summed E-state index contributed by atoms with van der Waals surface area (Å²) in [6, 6.07) is 58.2. The number of para-hydroxylation sites is 2.